The SMILES string of the molecule is CN(CC(=O)Nc1ccccc1Br)C(=O)c1cccc(Cl)c1. The first-order valence-corrected chi connectivity index (χ1v) is 7.70. The van der Waals surface area contributed by atoms with Crippen LogP contribution in [0.3, 0.4) is 0 Å². The fourth-order valence-electron chi connectivity index (χ4n) is 1.88. The molecule has 0 saturated carbocycles. The second kappa shape index (κ2) is 7.42. The van der Waals surface area contributed by atoms with Crippen molar-refractivity contribution in [3.8, 4) is 0 Å². The first-order valence-electron chi connectivity index (χ1n) is 6.53. The molecule has 2 rings (SSSR count). The molecular formula is C16H14BrClN2O2. The molecule has 2 aromatic rings. The monoisotopic (exact) mass is 380 g/mol. The average Bonchev–Trinajstić information content (AvgIpc) is 2.48. The number of nitrogens with zero attached hydrogens (tertiary/aromatic N) is 1. The van der Waals surface area contributed by atoms with Gasteiger partial charge in [-0.1, -0.05) is 29.8 Å². The van der Waals surface area contributed by atoms with Gasteiger partial charge in [0.15, 0.2) is 0 Å². The van der Waals surface area contributed by atoms with Gasteiger partial charge in [0.25, 0.3) is 5.91 Å². The number of amides is 2. The van der Waals surface area contributed by atoms with Crippen molar-refractivity contribution in [1.29, 1.82) is 0 Å². The summed E-state index contributed by atoms with van der Waals surface area (Å²) in [7, 11) is 1.57. The second-order valence-electron chi connectivity index (χ2n) is 4.70. The first kappa shape index (κ1) is 16.5. The van der Waals surface area contributed by atoms with Crippen LogP contribution in [0.2, 0.25) is 5.02 Å². The third kappa shape index (κ3) is 4.32. The van der Waals surface area contributed by atoms with Gasteiger partial charge in [-0.3, -0.25) is 9.59 Å². The Kier molecular flexibility index (Phi) is 5.57. The highest BCUT2D eigenvalue weighted by Gasteiger charge is 2.15. The number of likely N-dealkylation sites (N-methyl/N-ethyl adjacent to an activating group) is 1. The molecule has 0 unspecified atom stereocenters. The Labute approximate surface area is 142 Å². The molecule has 0 aromatic heterocycles. The van der Waals surface area contributed by atoms with Crippen LogP contribution in [0.5, 0.6) is 0 Å². The number of carbonyl (C=O) groups excluding carboxylic acids is 2. The lowest BCUT2D eigenvalue weighted by Crippen LogP contribution is -2.35. The summed E-state index contributed by atoms with van der Waals surface area (Å²) >= 11 is 9.22. The highest BCUT2D eigenvalue weighted by Crippen LogP contribution is 2.21. The number of hydrogen-bond acceptors (Lipinski definition) is 2. The van der Waals surface area contributed by atoms with Gasteiger partial charge in [0.2, 0.25) is 5.91 Å². The minimum atomic E-state index is -0.273. The number of halogens is 2. The minimum absolute atomic E-state index is 0.0489. The third-order valence-electron chi connectivity index (χ3n) is 2.95. The van der Waals surface area contributed by atoms with Crippen molar-refractivity contribution in [2.75, 3.05) is 18.9 Å². The topological polar surface area (TPSA) is 49.4 Å². The van der Waals surface area contributed by atoms with E-state index in [2.05, 4.69) is 21.2 Å². The van der Waals surface area contributed by atoms with Gasteiger partial charge in [-0.2, -0.15) is 0 Å². The van der Waals surface area contributed by atoms with Gasteiger partial charge < -0.3 is 10.2 Å². The largest absolute Gasteiger partial charge is 0.332 e. The van der Waals surface area contributed by atoms with Crippen molar-refractivity contribution in [1.82, 2.24) is 4.90 Å². The number of benzene rings is 2. The van der Waals surface area contributed by atoms with Crippen molar-refractivity contribution in [3.05, 3.63) is 63.6 Å². The van der Waals surface area contributed by atoms with Gasteiger partial charge in [0.1, 0.15) is 0 Å². The van der Waals surface area contributed by atoms with Crippen LogP contribution in [0.15, 0.2) is 53.0 Å². The molecule has 0 spiro atoms. The highest BCUT2D eigenvalue weighted by molar-refractivity contribution is 9.10. The van der Waals surface area contributed by atoms with Gasteiger partial charge in [-0.05, 0) is 46.3 Å². The van der Waals surface area contributed by atoms with Crippen LogP contribution in [-0.4, -0.2) is 30.3 Å². The Morgan fingerprint density at radius 1 is 1.18 bits per heavy atom. The summed E-state index contributed by atoms with van der Waals surface area (Å²) in [6.07, 6.45) is 0. The summed E-state index contributed by atoms with van der Waals surface area (Å²) in [4.78, 5) is 25.6. The van der Waals surface area contributed by atoms with E-state index in [0.717, 1.165) is 4.47 Å². The van der Waals surface area contributed by atoms with Gasteiger partial charge in [-0.25, -0.2) is 0 Å². The Hall–Kier alpha value is -1.85. The lowest BCUT2D eigenvalue weighted by Gasteiger charge is -2.17. The summed E-state index contributed by atoms with van der Waals surface area (Å²) < 4.78 is 0.784. The molecule has 2 amide bonds. The third-order valence-corrected chi connectivity index (χ3v) is 3.87. The minimum Gasteiger partial charge on any atom is -0.332 e. The molecule has 0 aliphatic rings. The van der Waals surface area contributed by atoms with E-state index in [1.54, 1.807) is 37.4 Å². The van der Waals surface area contributed by atoms with E-state index in [1.807, 2.05) is 18.2 Å². The molecule has 0 atom stereocenters. The maximum Gasteiger partial charge on any atom is 0.254 e. The molecule has 22 heavy (non-hydrogen) atoms. The van der Waals surface area contributed by atoms with E-state index in [-0.39, 0.29) is 18.4 Å². The molecule has 2 aromatic carbocycles. The fourth-order valence-corrected chi connectivity index (χ4v) is 2.46. The van der Waals surface area contributed by atoms with Crippen molar-refractivity contribution in [2.24, 2.45) is 0 Å². The van der Waals surface area contributed by atoms with Crippen molar-refractivity contribution >= 4 is 45.0 Å². The highest BCUT2D eigenvalue weighted by atomic mass is 79.9. The predicted molar refractivity (Wildman–Crippen MR) is 91.2 cm³/mol. The maximum atomic E-state index is 12.2. The number of nitrogens with one attached hydrogen (secondary N) is 1. The number of anilines is 1. The van der Waals surface area contributed by atoms with E-state index in [9.17, 15) is 9.59 Å². The molecule has 0 aliphatic heterocycles. The fraction of sp³-hybridized carbons (Fsp3) is 0.125. The standard InChI is InChI=1S/C16H14BrClN2O2/c1-20(16(22)11-5-4-6-12(18)9-11)10-15(21)19-14-8-3-2-7-13(14)17/h2-9H,10H2,1H3,(H,19,21). The number of rotatable bonds is 4. The molecule has 6 heteroatoms. The molecule has 0 radical (unpaired) electrons. The second-order valence-corrected chi connectivity index (χ2v) is 5.99. The number of carbonyl (C=O) groups is 2. The van der Waals surface area contributed by atoms with Gasteiger partial charge in [0, 0.05) is 22.1 Å². The van der Waals surface area contributed by atoms with E-state index >= 15 is 0 Å². The van der Waals surface area contributed by atoms with Crippen molar-refractivity contribution in [2.45, 2.75) is 0 Å². The normalized spacial score (nSPS) is 10.1. The predicted octanol–water partition coefficient (Wildman–Crippen LogP) is 3.81. The smallest absolute Gasteiger partial charge is 0.254 e. The molecule has 0 saturated heterocycles. The lowest BCUT2D eigenvalue weighted by molar-refractivity contribution is -0.116. The molecule has 0 fully saturated rings. The Balaban J connectivity index is 1.99. The van der Waals surface area contributed by atoms with Crippen molar-refractivity contribution < 1.29 is 9.59 Å². The van der Waals surface area contributed by atoms with E-state index in [0.29, 0.717) is 16.3 Å². The first-order chi connectivity index (χ1) is 10.5. The molecule has 0 heterocycles. The van der Waals surface area contributed by atoms with Crippen LogP contribution in [0.1, 0.15) is 10.4 Å². The Morgan fingerprint density at radius 2 is 1.91 bits per heavy atom. The summed E-state index contributed by atoms with van der Waals surface area (Å²) in [6.45, 7) is -0.0489. The molecule has 4 nitrogen and oxygen atoms in total. The maximum absolute atomic E-state index is 12.2. The summed E-state index contributed by atoms with van der Waals surface area (Å²) in [5.41, 5.74) is 1.11. The van der Waals surface area contributed by atoms with Crippen LogP contribution >= 0.6 is 27.5 Å². The zero-order chi connectivity index (χ0) is 16.1. The number of para-hydroxylation sites is 1. The Bertz CT molecular complexity index is 706. The van der Waals surface area contributed by atoms with Gasteiger partial charge in [0.05, 0.1) is 12.2 Å². The molecule has 1 N–H and O–H groups in total. The Morgan fingerprint density at radius 3 is 2.59 bits per heavy atom. The zero-order valence-corrected chi connectivity index (χ0v) is 14.2. The summed E-state index contributed by atoms with van der Waals surface area (Å²) in [6, 6.07) is 13.9. The summed E-state index contributed by atoms with van der Waals surface area (Å²) in [5.74, 6) is -0.533. The van der Waals surface area contributed by atoms with Gasteiger partial charge in [-0.15, -0.1) is 0 Å². The lowest BCUT2D eigenvalue weighted by atomic mass is 10.2. The quantitative estimate of drug-likeness (QED) is 0.875. The van der Waals surface area contributed by atoms with Crippen LogP contribution in [0.4, 0.5) is 5.69 Å². The molecule has 0 aliphatic carbocycles. The van der Waals surface area contributed by atoms with E-state index in [1.165, 1.54) is 4.90 Å². The molecule has 114 valence electrons. The van der Waals surface area contributed by atoms with E-state index in [4.69, 9.17) is 11.6 Å². The average molecular weight is 382 g/mol. The number of hydrogen-bond donors (Lipinski definition) is 1. The molecule has 0 bridgehead atoms. The van der Waals surface area contributed by atoms with Crippen molar-refractivity contribution in [3.63, 3.8) is 0 Å². The van der Waals surface area contributed by atoms with E-state index < -0.39 is 0 Å². The van der Waals surface area contributed by atoms with Crippen LogP contribution in [-0.2, 0) is 4.79 Å². The van der Waals surface area contributed by atoms with Gasteiger partial charge >= 0.3 is 0 Å². The molecular weight excluding hydrogens is 368 g/mol. The summed E-state index contributed by atoms with van der Waals surface area (Å²) in [5, 5.41) is 3.24. The van der Waals surface area contributed by atoms with Crippen LogP contribution < -0.4 is 5.32 Å². The van der Waals surface area contributed by atoms with Crippen LogP contribution in [0.25, 0.3) is 0 Å². The van der Waals surface area contributed by atoms with Crippen LogP contribution in [0, 0.1) is 0 Å². The zero-order valence-electron chi connectivity index (χ0n) is 11.8.